The van der Waals surface area contributed by atoms with E-state index in [1.807, 2.05) is 19.2 Å². The number of halogens is 1. The van der Waals surface area contributed by atoms with Crippen LogP contribution in [0.5, 0.6) is 0 Å². The molecule has 1 fully saturated rings. The van der Waals surface area contributed by atoms with Crippen molar-refractivity contribution in [1.29, 1.82) is 0 Å². The first-order chi connectivity index (χ1) is 10.6. The van der Waals surface area contributed by atoms with Gasteiger partial charge in [0.05, 0.1) is 5.52 Å². The van der Waals surface area contributed by atoms with Gasteiger partial charge in [0.15, 0.2) is 0 Å². The molecule has 0 radical (unpaired) electrons. The monoisotopic (exact) mass is 299 g/mol. The molecule has 1 heterocycles. The molecule has 2 nitrogen and oxygen atoms in total. The Bertz CT molecular complexity index is 689. The van der Waals surface area contributed by atoms with Crippen LogP contribution in [0, 0.1) is 17.7 Å². The van der Waals surface area contributed by atoms with Crippen LogP contribution >= 0.6 is 0 Å². The van der Waals surface area contributed by atoms with E-state index in [1.54, 1.807) is 19.1 Å². The third-order valence-corrected chi connectivity index (χ3v) is 5.30. The smallest absolute Gasteiger partial charge is 0.132 e. The maximum absolute atomic E-state index is 13.6. The molecule has 0 bridgehead atoms. The predicted octanol–water partition coefficient (Wildman–Crippen LogP) is 4.87. The molecule has 0 N–H and O–H groups in total. The number of ketones is 1. The molecule has 0 aliphatic heterocycles. The van der Waals surface area contributed by atoms with Gasteiger partial charge in [0, 0.05) is 17.5 Å². The van der Waals surface area contributed by atoms with Gasteiger partial charge in [-0.25, -0.2) is 4.39 Å². The molecule has 1 atom stereocenters. The van der Waals surface area contributed by atoms with E-state index in [4.69, 9.17) is 0 Å². The second kappa shape index (κ2) is 6.15. The van der Waals surface area contributed by atoms with Gasteiger partial charge >= 0.3 is 0 Å². The normalized spacial score (nSPS) is 23.4. The number of carbonyl (C=O) groups is 1. The van der Waals surface area contributed by atoms with Gasteiger partial charge in [-0.05, 0) is 74.3 Å². The van der Waals surface area contributed by atoms with Crippen LogP contribution in [0.25, 0.3) is 10.9 Å². The van der Waals surface area contributed by atoms with E-state index in [-0.39, 0.29) is 11.7 Å². The first kappa shape index (κ1) is 15.1. The standard InChI is InChI=1S/C19H22FNO/c1-12(13(2)22)14-3-5-15(6-4-14)17-9-10-21-19-8-7-16(20)11-18(17)19/h7-12,14-15H,3-6H2,1-2H3/t12-,14-,15+/m0/s1. The third kappa shape index (κ3) is 2.90. The van der Waals surface area contributed by atoms with E-state index in [2.05, 4.69) is 4.98 Å². The first-order valence-electron chi connectivity index (χ1n) is 8.11. The Morgan fingerprint density at radius 2 is 1.95 bits per heavy atom. The highest BCUT2D eigenvalue weighted by Crippen LogP contribution is 2.40. The van der Waals surface area contributed by atoms with E-state index in [0.717, 1.165) is 36.6 Å². The van der Waals surface area contributed by atoms with Crippen LogP contribution in [0.4, 0.5) is 4.39 Å². The molecule has 22 heavy (non-hydrogen) atoms. The largest absolute Gasteiger partial charge is 0.300 e. The Labute approximate surface area is 130 Å². The van der Waals surface area contributed by atoms with Crippen molar-refractivity contribution in [1.82, 2.24) is 4.98 Å². The van der Waals surface area contributed by atoms with E-state index in [0.29, 0.717) is 17.6 Å². The van der Waals surface area contributed by atoms with Crippen molar-refractivity contribution in [3.8, 4) is 0 Å². The zero-order valence-electron chi connectivity index (χ0n) is 13.2. The van der Waals surface area contributed by atoms with Crippen LogP contribution in [-0.2, 0) is 4.79 Å². The number of Topliss-reactive ketones (excluding diaryl/α,β-unsaturated/α-hetero) is 1. The molecular weight excluding hydrogens is 277 g/mol. The summed E-state index contributed by atoms with van der Waals surface area (Å²) in [6, 6.07) is 6.84. The van der Waals surface area contributed by atoms with Crippen molar-refractivity contribution in [3.05, 3.63) is 41.8 Å². The molecule has 1 aromatic carbocycles. The minimum absolute atomic E-state index is 0.160. The van der Waals surface area contributed by atoms with Gasteiger partial charge in [-0.15, -0.1) is 0 Å². The highest BCUT2D eigenvalue weighted by molar-refractivity contribution is 5.82. The minimum Gasteiger partial charge on any atom is -0.300 e. The average Bonchev–Trinajstić information content (AvgIpc) is 2.53. The summed E-state index contributed by atoms with van der Waals surface area (Å²) in [6.45, 7) is 3.74. The average molecular weight is 299 g/mol. The van der Waals surface area contributed by atoms with Crippen LogP contribution in [0.3, 0.4) is 0 Å². The van der Waals surface area contributed by atoms with Crippen molar-refractivity contribution < 1.29 is 9.18 Å². The Morgan fingerprint density at radius 1 is 1.23 bits per heavy atom. The van der Waals surface area contributed by atoms with E-state index >= 15 is 0 Å². The van der Waals surface area contributed by atoms with E-state index < -0.39 is 0 Å². The number of hydrogen-bond acceptors (Lipinski definition) is 2. The lowest BCUT2D eigenvalue weighted by molar-refractivity contribution is -0.122. The van der Waals surface area contributed by atoms with Crippen molar-refractivity contribution in [2.24, 2.45) is 11.8 Å². The Hall–Kier alpha value is -1.77. The predicted molar refractivity (Wildman–Crippen MR) is 86.2 cm³/mol. The van der Waals surface area contributed by atoms with Crippen molar-refractivity contribution >= 4 is 16.7 Å². The highest BCUT2D eigenvalue weighted by Gasteiger charge is 2.28. The van der Waals surface area contributed by atoms with Gasteiger partial charge < -0.3 is 0 Å². The van der Waals surface area contributed by atoms with Crippen molar-refractivity contribution in [2.45, 2.75) is 45.4 Å². The van der Waals surface area contributed by atoms with Crippen LogP contribution in [0.1, 0.15) is 51.0 Å². The summed E-state index contributed by atoms with van der Waals surface area (Å²) < 4.78 is 13.6. The summed E-state index contributed by atoms with van der Waals surface area (Å²) in [6.07, 6.45) is 6.10. The molecule has 1 saturated carbocycles. The maximum atomic E-state index is 13.6. The number of aromatic nitrogens is 1. The SMILES string of the molecule is CC(=O)[C@H](C)[C@H]1CC[C@@H](c2ccnc3ccc(F)cc32)CC1. The lowest BCUT2D eigenvalue weighted by atomic mass is 9.73. The lowest BCUT2D eigenvalue weighted by Gasteiger charge is -2.32. The molecule has 3 rings (SSSR count). The Balaban J connectivity index is 1.82. The first-order valence-corrected chi connectivity index (χ1v) is 8.11. The van der Waals surface area contributed by atoms with Gasteiger partial charge in [-0.1, -0.05) is 6.92 Å². The van der Waals surface area contributed by atoms with Crippen LogP contribution in [0.15, 0.2) is 30.5 Å². The summed E-state index contributed by atoms with van der Waals surface area (Å²) in [5, 5.41) is 0.936. The second-order valence-corrected chi connectivity index (χ2v) is 6.57. The molecule has 1 aliphatic carbocycles. The van der Waals surface area contributed by atoms with Crippen LogP contribution < -0.4 is 0 Å². The van der Waals surface area contributed by atoms with Gasteiger partial charge in [0.2, 0.25) is 0 Å². The van der Waals surface area contributed by atoms with Gasteiger partial charge in [0.25, 0.3) is 0 Å². The van der Waals surface area contributed by atoms with Gasteiger partial charge in [-0.3, -0.25) is 9.78 Å². The molecule has 1 aromatic heterocycles. The van der Waals surface area contributed by atoms with E-state index in [9.17, 15) is 9.18 Å². The number of hydrogen-bond donors (Lipinski definition) is 0. The fraction of sp³-hybridized carbons (Fsp3) is 0.474. The summed E-state index contributed by atoms with van der Waals surface area (Å²) >= 11 is 0. The topological polar surface area (TPSA) is 30.0 Å². The summed E-state index contributed by atoms with van der Waals surface area (Å²) in [7, 11) is 0. The van der Waals surface area contributed by atoms with Crippen LogP contribution in [-0.4, -0.2) is 10.8 Å². The molecular formula is C19H22FNO. The Kier molecular flexibility index (Phi) is 4.23. The Morgan fingerprint density at radius 3 is 2.64 bits per heavy atom. The summed E-state index contributed by atoms with van der Waals surface area (Å²) in [5.74, 6) is 1.19. The number of benzene rings is 1. The highest BCUT2D eigenvalue weighted by atomic mass is 19.1. The van der Waals surface area contributed by atoms with Crippen molar-refractivity contribution in [2.75, 3.05) is 0 Å². The zero-order chi connectivity index (χ0) is 15.7. The molecule has 3 heteroatoms. The fourth-order valence-corrected chi connectivity index (χ4v) is 3.76. The summed E-state index contributed by atoms with van der Waals surface area (Å²) in [4.78, 5) is 15.9. The lowest BCUT2D eigenvalue weighted by Crippen LogP contribution is -2.23. The zero-order valence-corrected chi connectivity index (χ0v) is 13.2. The van der Waals surface area contributed by atoms with E-state index in [1.165, 1.54) is 11.6 Å². The van der Waals surface area contributed by atoms with Gasteiger partial charge in [-0.2, -0.15) is 0 Å². The second-order valence-electron chi connectivity index (χ2n) is 6.57. The fourth-order valence-electron chi connectivity index (χ4n) is 3.76. The quantitative estimate of drug-likeness (QED) is 0.809. The number of pyridine rings is 1. The van der Waals surface area contributed by atoms with Crippen molar-refractivity contribution in [3.63, 3.8) is 0 Å². The number of fused-ring (bicyclic) bond motifs is 1. The number of carbonyl (C=O) groups excluding carboxylic acids is 1. The third-order valence-electron chi connectivity index (χ3n) is 5.30. The molecule has 0 saturated heterocycles. The summed E-state index contributed by atoms with van der Waals surface area (Å²) in [5.41, 5.74) is 2.07. The van der Waals surface area contributed by atoms with Crippen LogP contribution in [0.2, 0.25) is 0 Å². The number of nitrogens with zero attached hydrogens (tertiary/aromatic N) is 1. The molecule has 2 aromatic rings. The minimum atomic E-state index is -0.208. The molecule has 116 valence electrons. The molecule has 0 amide bonds. The maximum Gasteiger partial charge on any atom is 0.132 e. The number of rotatable bonds is 3. The molecule has 0 unspecified atom stereocenters. The molecule has 1 aliphatic rings. The van der Waals surface area contributed by atoms with Gasteiger partial charge in [0.1, 0.15) is 11.6 Å². The molecule has 0 spiro atoms.